The third kappa shape index (κ3) is 3.59. The number of para-hydroxylation sites is 1. The van der Waals surface area contributed by atoms with E-state index in [-0.39, 0.29) is 6.04 Å². The lowest BCUT2D eigenvalue weighted by Gasteiger charge is -2.13. The van der Waals surface area contributed by atoms with E-state index in [1.54, 1.807) is 18.4 Å². The second kappa shape index (κ2) is 6.57. The first-order chi connectivity index (χ1) is 8.79. The van der Waals surface area contributed by atoms with Crippen LogP contribution in [0, 0.1) is 0 Å². The van der Waals surface area contributed by atoms with E-state index in [1.165, 1.54) is 11.1 Å². The number of hydrogen-bond donors (Lipinski definition) is 1. The maximum Gasteiger partial charge on any atom is 0.122 e. The van der Waals surface area contributed by atoms with E-state index in [4.69, 9.17) is 10.5 Å². The highest BCUT2D eigenvalue weighted by Gasteiger charge is 2.08. The van der Waals surface area contributed by atoms with Crippen molar-refractivity contribution >= 4 is 11.3 Å². The lowest BCUT2D eigenvalue weighted by Crippen LogP contribution is -2.23. The van der Waals surface area contributed by atoms with Crippen molar-refractivity contribution in [1.29, 1.82) is 0 Å². The van der Waals surface area contributed by atoms with Crippen LogP contribution in [0.25, 0.3) is 0 Å². The van der Waals surface area contributed by atoms with E-state index in [0.717, 1.165) is 25.0 Å². The molecular formula is C15H19NOS. The Balaban J connectivity index is 1.88. The van der Waals surface area contributed by atoms with Gasteiger partial charge >= 0.3 is 0 Å². The molecule has 0 bridgehead atoms. The van der Waals surface area contributed by atoms with Crippen LogP contribution in [-0.2, 0) is 12.8 Å². The molecule has 1 unspecified atom stereocenters. The fourth-order valence-corrected chi connectivity index (χ4v) is 2.75. The molecule has 0 spiro atoms. The maximum atomic E-state index is 6.19. The maximum absolute atomic E-state index is 6.19. The lowest BCUT2D eigenvalue weighted by molar-refractivity contribution is 0.407. The van der Waals surface area contributed by atoms with Crippen molar-refractivity contribution in [2.45, 2.75) is 25.3 Å². The summed E-state index contributed by atoms with van der Waals surface area (Å²) in [7, 11) is 1.70. The minimum absolute atomic E-state index is 0.182. The van der Waals surface area contributed by atoms with Crippen molar-refractivity contribution in [3.8, 4) is 5.75 Å². The minimum atomic E-state index is 0.182. The lowest BCUT2D eigenvalue weighted by atomic mass is 10.0. The van der Waals surface area contributed by atoms with E-state index in [1.807, 2.05) is 18.2 Å². The molecule has 0 aliphatic heterocycles. The fourth-order valence-electron chi connectivity index (χ4n) is 2.04. The Bertz CT molecular complexity index is 467. The van der Waals surface area contributed by atoms with Gasteiger partial charge in [0.25, 0.3) is 0 Å². The number of hydrogen-bond acceptors (Lipinski definition) is 3. The third-order valence-corrected chi connectivity index (χ3v) is 3.79. The standard InChI is InChI=1S/C15H19NOS/c1-17-15-5-3-2-4-13(15)10-14(16)7-6-12-8-9-18-11-12/h2-5,8-9,11,14H,6-7,10,16H2,1H3. The number of thiophene rings is 1. The highest BCUT2D eigenvalue weighted by atomic mass is 32.1. The van der Waals surface area contributed by atoms with Gasteiger partial charge in [0.15, 0.2) is 0 Å². The number of benzene rings is 1. The van der Waals surface area contributed by atoms with Crippen LogP contribution in [0.3, 0.4) is 0 Å². The second-order valence-electron chi connectivity index (χ2n) is 4.45. The van der Waals surface area contributed by atoms with Crippen molar-refractivity contribution in [3.63, 3.8) is 0 Å². The predicted molar refractivity (Wildman–Crippen MR) is 77.3 cm³/mol. The zero-order valence-corrected chi connectivity index (χ0v) is 11.5. The molecule has 0 aliphatic carbocycles. The van der Waals surface area contributed by atoms with Gasteiger partial charge in [0.1, 0.15) is 5.75 Å². The predicted octanol–water partition coefficient (Wildman–Crippen LogP) is 3.26. The van der Waals surface area contributed by atoms with Crippen LogP contribution >= 0.6 is 11.3 Å². The van der Waals surface area contributed by atoms with Crippen molar-refractivity contribution in [2.24, 2.45) is 5.73 Å². The zero-order valence-electron chi connectivity index (χ0n) is 10.6. The van der Waals surface area contributed by atoms with Gasteiger partial charge in [-0.3, -0.25) is 0 Å². The second-order valence-corrected chi connectivity index (χ2v) is 5.23. The number of rotatable bonds is 6. The number of methoxy groups -OCH3 is 1. The van der Waals surface area contributed by atoms with E-state index in [0.29, 0.717) is 0 Å². The first-order valence-corrected chi connectivity index (χ1v) is 7.12. The van der Waals surface area contributed by atoms with Gasteiger partial charge in [-0.05, 0) is 53.3 Å². The highest BCUT2D eigenvalue weighted by molar-refractivity contribution is 7.07. The molecule has 2 rings (SSSR count). The molecule has 0 saturated heterocycles. The molecule has 0 amide bonds. The van der Waals surface area contributed by atoms with E-state index < -0.39 is 0 Å². The summed E-state index contributed by atoms with van der Waals surface area (Å²) in [5.74, 6) is 0.934. The summed E-state index contributed by atoms with van der Waals surface area (Å²) in [5, 5.41) is 4.30. The molecule has 3 heteroatoms. The SMILES string of the molecule is COc1ccccc1CC(N)CCc1ccsc1. The van der Waals surface area contributed by atoms with Crippen LogP contribution in [0.1, 0.15) is 17.5 Å². The zero-order chi connectivity index (χ0) is 12.8. The Hall–Kier alpha value is -1.32. The van der Waals surface area contributed by atoms with Gasteiger partial charge in [-0.1, -0.05) is 18.2 Å². The molecule has 2 N–H and O–H groups in total. The van der Waals surface area contributed by atoms with Crippen molar-refractivity contribution in [3.05, 3.63) is 52.2 Å². The van der Waals surface area contributed by atoms with Gasteiger partial charge in [-0.15, -0.1) is 0 Å². The molecule has 0 radical (unpaired) electrons. The summed E-state index contributed by atoms with van der Waals surface area (Å²) < 4.78 is 5.34. The minimum Gasteiger partial charge on any atom is -0.496 e. The number of nitrogens with two attached hydrogens (primary N) is 1. The van der Waals surface area contributed by atoms with Gasteiger partial charge in [0.05, 0.1) is 7.11 Å². The van der Waals surface area contributed by atoms with Crippen LogP contribution in [0.2, 0.25) is 0 Å². The highest BCUT2D eigenvalue weighted by Crippen LogP contribution is 2.19. The first kappa shape index (κ1) is 13.1. The Morgan fingerprint density at radius 3 is 2.83 bits per heavy atom. The first-order valence-electron chi connectivity index (χ1n) is 6.18. The van der Waals surface area contributed by atoms with E-state index in [9.17, 15) is 0 Å². The summed E-state index contributed by atoms with van der Waals surface area (Å²) in [6.07, 6.45) is 2.93. The van der Waals surface area contributed by atoms with Crippen LogP contribution in [0.5, 0.6) is 5.75 Å². The molecule has 2 aromatic rings. The Morgan fingerprint density at radius 2 is 2.11 bits per heavy atom. The van der Waals surface area contributed by atoms with Crippen LogP contribution in [-0.4, -0.2) is 13.2 Å². The summed E-state index contributed by atoms with van der Waals surface area (Å²) in [6.45, 7) is 0. The molecular weight excluding hydrogens is 242 g/mol. The normalized spacial score (nSPS) is 12.3. The summed E-state index contributed by atoms with van der Waals surface area (Å²) in [4.78, 5) is 0. The molecule has 0 saturated carbocycles. The molecule has 96 valence electrons. The average Bonchev–Trinajstić information content (AvgIpc) is 2.90. The van der Waals surface area contributed by atoms with Crippen molar-refractivity contribution in [2.75, 3.05) is 7.11 Å². The largest absolute Gasteiger partial charge is 0.496 e. The summed E-state index contributed by atoms with van der Waals surface area (Å²) in [6, 6.07) is 10.4. The van der Waals surface area contributed by atoms with Gasteiger partial charge in [0.2, 0.25) is 0 Å². The monoisotopic (exact) mass is 261 g/mol. The van der Waals surface area contributed by atoms with Crippen molar-refractivity contribution in [1.82, 2.24) is 0 Å². The smallest absolute Gasteiger partial charge is 0.122 e. The number of ether oxygens (including phenoxy) is 1. The van der Waals surface area contributed by atoms with Crippen LogP contribution < -0.4 is 10.5 Å². The quantitative estimate of drug-likeness (QED) is 0.866. The molecule has 1 atom stereocenters. The molecule has 0 aliphatic rings. The van der Waals surface area contributed by atoms with Gasteiger partial charge < -0.3 is 10.5 Å². The Kier molecular flexibility index (Phi) is 4.79. The summed E-state index contributed by atoms with van der Waals surface area (Å²) in [5.41, 5.74) is 8.77. The van der Waals surface area contributed by atoms with Crippen LogP contribution in [0.4, 0.5) is 0 Å². The fraction of sp³-hybridized carbons (Fsp3) is 0.333. The van der Waals surface area contributed by atoms with Gasteiger partial charge in [-0.2, -0.15) is 11.3 Å². The van der Waals surface area contributed by atoms with Gasteiger partial charge in [0, 0.05) is 6.04 Å². The topological polar surface area (TPSA) is 35.2 Å². The van der Waals surface area contributed by atoms with E-state index in [2.05, 4.69) is 22.9 Å². The van der Waals surface area contributed by atoms with E-state index >= 15 is 0 Å². The Morgan fingerprint density at radius 1 is 1.28 bits per heavy atom. The molecule has 1 heterocycles. The molecule has 1 aromatic carbocycles. The molecule has 0 fully saturated rings. The summed E-state index contributed by atoms with van der Waals surface area (Å²) >= 11 is 1.74. The van der Waals surface area contributed by atoms with Crippen molar-refractivity contribution < 1.29 is 4.74 Å². The average molecular weight is 261 g/mol. The van der Waals surface area contributed by atoms with Gasteiger partial charge in [-0.25, -0.2) is 0 Å². The number of aryl methyl sites for hydroxylation is 1. The Labute approximate surface area is 112 Å². The molecule has 1 aromatic heterocycles. The molecule has 18 heavy (non-hydrogen) atoms. The third-order valence-electron chi connectivity index (χ3n) is 3.06. The van der Waals surface area contributed by atoms with Crippen LogP contribution in [0.15, 0.2) is 41.1 Å². The molecule has 2 nitrogen and oxygen atoms in total.